The minimum Gasteiger partial charge on any atom is -0.361 e. The lowest BCUT2D eigenvalue weighted by Gasteiger charge is -2.00. The largest absolute Gasteiger partial charge is 0.361 e. The van der Waals surface area contributed by atoms with Crippen LogP contribution in [-0.4, -0.2) is 4.98 Å². The normalized spacial score (nSPS) is 10.6. The summed E-state index contributed by atoms with van der Waals surface area (Å²) < 4.78 is 13.6. The predicted octanol–water partition coefficient (Wildman–Crippen LogP) is 3.34. The Balaban J connectivity index is 2.97. The van der Waals surface area contributed by atoms with E-state index in [9.17, 15) is 4.39 Å². The summed E-state index contributed by atoms with van der Waals surface area (Å²) in [5.74, 6) is -0.252. The van der Waals surface area contributed by atoms with Gasteiger partial charge in [0.25, 0.3) is 0 Å². The molecule has 0 fully saturated rings. The summed E-state index contributed by atoms with van der Waals surface area (Å²) in [7, 11) is 0. The highest BCUT2D eigenvalue weighted by Crippen LogP contribution is 2.16. The number of pyridine rings is 1. The number of benzene rings is 1. The minimum atomic E-state index is -0.252. The van der Waals surface area contributed by atoms with Gasteiger partial charge in [0.1, 0.15) is 5.82 Å². The molecule has 0 aliphatic rings. The van der Waals surface area contributed by atoms with E-state index < -0.39 is 0 Å². The Hall–Kier alpha value is -1.22. The predicted molar refractivity (Wildman–Crippen MR) is 53.8 cm³/mol. The topological polar surface area (TPSA) is 15.8 Å². The van der Waals surface area contributed by atoms with E-state index in [0.717, 1.165) is 16.5 Å². The first kappa shape index (κ1) is 8.38. The smallest absolute Gasteiger partial charge is 0.124 e. The van der Waals surface area contributed by atoms with Gasteiger partial charge in [-0.2, -0.15) is 0 Å². The highest BCUT2D eigenvalue weighted by Gasteiger charge is 1.99. The monoisotopic (exact) mass is 193 g/mol. The van der Waals surface area contributed by atoms with Crippen LogP contribution >= 0.6 is 12.2 Å². The van der Waals surface area contributed by atoms with E-state index in [1.807, 2.05) is 13.1 Å². The second-order valence-corrected chi connectivity index (χ2v) is 3.40. The quantitative estimate of drug-likeness (QED) is 0.634. The molecule has 1 aromatic heterocycles. The zero-order chi connectivity index (χ0) is 9.42. The summed E-state index contributed by atoms with van der Waals surface area (Å²) in [5, 5.41) is 0.773. The first-order valence-corrected chi connectivity index (χ1v) is 4.37. The van der Waals surface area contributed by atoms with Crippen LogP contribution in [0.4, 0.5) is 4.39 Å². The summed E-state index contributed by atoms with van der Waals surface area (Å²) in [5.41, 5.74) is 1.84. The molecule has 1 nitrogen and oxygen atoms in total. The molecule has 1 heterocycles. The average Bonchev–Trinajstić information content (AvgIpc) is 2.12. The van der Waals surface area contributed by atoms with Gasteiger partial charge in [-0.15, -0.1) is 0 Å². The van der Waals surface area contributed by atoms with Crippen LogP contribution < -0.4 is 0 Å². The van der Waals surface area contributed by atoms with E-state index in [0.29, 0.717) is 4.51 Å². The molecule has 66 valence electrons. The lowest BCUT2D eigenvalue weighted by Crippen LogP contribution is -1.84. The lowest BCUT2D eigenvalue weighted by atomic mass is 10.2. The molecule has 0 amide bonds. The third kappa shape index (κ3) is 1.35. The molecular formula is C10H8FNS. The fraction of sp³-hybridized carbons (Fsp3) is 0.100. The molecular weight excluding hydrogens is 185 g/mol. The van der Waals surface area contributed by atoms with Crippen molar-refractivity contribution < 1.29 is 4.39 Å². The molecule has 2 aromatic rings. The van der Waals surface area contributed by atoms with Gasteiger partial charge in [0.15, 0.2) is 0 Å². The van der Waals surface area contributed by atoms with Gasteiger partial charge in [0.2, 0.25) is 0 Å². The highest BCUT2D eigenvalue weighted by molar-refractivity contribution is 7.71. The Kier molecular flexibility index (Phi) is 1.88. The van der Waals surface area contributed by atoms with E-state index in [-0.39, 0.29) is 5.82 Å². The van der Waals surface area contributed by atoms with Gasteiger partial charge in [-0.05, 0) is 30.7 Å². The fourth-order valence-corrected chi connectivity index (χ4v) is 1.52. The number of nitrogens with one attached hydrogen (secondary N) is 1. The van der Waals surface area contributed by atoms with Crippen molar-refractivity contribution in [2.45, 2.75) is 6.92 Å². The van der Waals surface area contributed by atoms with Crippen molar-refractivity contribution in [2.24, 2.45) is 0 Å². The number of aromatic amines is 1. The molecule has 0 aliphatic carbocycles. The Bertz CT molecular complexity index is 511. The van der Waals surface area contributed by atoms with Crippen molar-refractivity contribution in [1.82, 2.24) is 4.98 Å². The SMILES string of the molecule is Cc1c[nH]c2ccc(F)cc2c1=S. The average molecular weight is 193 g/mol. The van der Waals surface area contributed by atoms with Gasteiger partial charge >= 0.3 is 0 Å². The molecule has 0 aliphatic heterocycles. The van der Waals surface area contributed by atoms with Crippen LogP contribution in [0.5, 0.6) is 0 Å². The molecule has 0 saturated carbocycles. The zero-order valence-corrected chi connectivity index (χ0v) is 7.91. The van der Waals surface area contributed by atoms with Crippen molar-refractivity contribution in [3.8, 4) is 0 Å². The molecule has 0 radical (unpaired) electrons. The lowest BCUT2D eigenvalue weighted by molar-refractivity contribution is 0.629. The number of aryl methyl sites for hydroxylation is 1. The zero-order valence-electron chi connectivity index (χ0n) is 7.10. The summed E-state index contributed by atoms with van der Waals surface area (Å²) >= 11 is 5.17. The van der Waals surface area contributed by atoms with Crippen LogP contribution in [0.1, 0.15) is 5.56 Å². The molecule has 2 rings (SSSR count). The van der Waals surface area contributed by atoms with E-state index in [2.05, 4.69) is 4.98 Å². The maximum Gasteiger partial charge on any atom is 0.124 e. The molecule has 0 unspecified atom stereocenters. The molecule has 13 heavy (non-hydrogen) atoms. The third-order valence-electron chi connectivity index (χ3n) is 2.03. The van der Waals surface area contributed by atoms with Crippen LogP contribution in [0, 0.1) is 17.3 Å². The van der Waals surface area contributed by atoms with E-state index in [1.165, 1.54) is 12.1 Å². The molecule has 0 bridgehead atoms. The van der Waals surface area contributed by atoms with Gasteiger partial charge < -0.3 is 4.98 Å². The van der Waals surface area contributed by atoms with Crippen molar-refractivity contribution >= 4 is 23.1 Å². The molecule has 3 heteroatoms. The Morgan fingerprint density at radius 3 is 2.92 bits per heavy atom. The summed E-state index contributed by atoms with van der Waals surface area (Å²) in [4.78, 5) is 3.05. The number of hydrogen-bond donors (Lipinski definition) is 1. The van der Waals surface area contributed by atoms with E-state index >= 15 is 0 Å². The van der Waals surface area contributed by atoms with Crippen LogP contribution in [0.25, 0.3) is 10.9 Å². The van der Waals surface area contributed by atoms with Gasteiger partial charge in [0.05, 0.1) is 4.51 Å². The molecule has 0 spiro atoms. The van der Waals surface area contributed by atoms with Gasteiger partial charge in [0, 0.05) is 17.1 Å². The number of H-pyrrole nitrogens is 1. The molecule has 1 aromatic carbocycles. The number of halogens is 1. The maximum atomic E-state index is 12.9. The summed E-state index contributed by atoms with van der Waals surface area (Å²) in [6.45, 7) is 1.91. The highest BCUT2D eigenvalue weighted by atomic mass is 32.1. The summed E-state index contributed by atoms with van der Waals surface area (Å²) in [6, 6.07) is 4.57. The summed E-state index contributed by atoms with van der Waals surface area (Å²) in [6.07, 6.45) is 1.84. The van der Waals surface area contributed by atoms with Crippen molar-refractivity contribution in [3.63, 3.8) is 0 Å². The standard InChI is InChI=1S/C10H8FNS/c1-6-5-12-9-3-2-7(11)4-8(9)10(6)13/h2-5H,1H3,(H,12,13). The third-order valence-corrected chi connectivity index (χ3v) is 2.57. The number of rotatable bonds is 0. The van der Waals surface area contributed by atoms with E-state index in [4.69, 9.17) is 12.2 Å². The van der Waals surface area contributed by atoms with Crippen molar-refractivity contribution in [1.29, 1.82) is 0 Å². The molecule has 0 saturated heterocycles. The molecule has 1 N–H and O–H groups in total. The van der Waals surface area contributed by atoms with Crippen LogP contribution in [0.3, 0.4) is 0 Å². The first-order valence-electron chi connectivity index (χ1n) is 3.96. The first-order chi connectivity index (χ1) is 6.18. The van der Waals surface area contributed by atoms with Gasteiger partial charge in [-0.3, -0.25) is 0 Å². The number of hydrogen-bond acceptors (Lipinski definition) is 1. The Labute approximate surface area is 80.2 Å². The van der Waals surface area contributed by atoms with E-state index in [1.54, 1.807) is 6.07 Å². The number of aromatic nitrogens is 1. The van der Waals surface area contributed by atoms with Gasteiger partial charge in [-0.25, -0.2) is 4.39 Å². The molecule has 0 atom stereocenters. The van der Waals surface area contributed by atoms with Crippen LogP contribution in [0.2, 0.25) is 0 Å². The fourth-order valence-electron chi connectivity index (χ4n) is 1.29. The maximum absolute atomic E-state index is 12.9. The Morgan fingerprint density at radius 2 is 2.15 bits per heavy atom. The van der Waals surface area contributed by atoms with Crippen LogP contribution in [-0.2, 0) is 0 Å². The second kappa shape index (κ2) is 2.92. The Morgan fingerprint density at radius 1 is 1.38 bits per heavy atom. The van der Waals surface area contributed by atoms with Crippen molar-refractivity contribution in [2.75, 3.05) is 0 Å². The minimum absolute atomic E-state index is 0.252. The van der Waals surface area contributed by atoms with Crippen molar-refractivity contribution in [3.05, 3.63) is 40.3 Å². The van der Waals surface area contributed by atoms with Crippen LogP contribution in [0.15, 0.2) is 24.4 Å². The number of fused-ring (bicyclic) bond motifs is 1. The van der Waals surface area contributed by atoms with Gasteiger partial charge in [-0.1, -0.05) is 12.2 Å². The second-order valence-electron chi connectivity index (χ2n) is 2.99.